The monoisotopic (exact) mass is 1110 g/mol. The molecular formula is C74H124O6. The number of ether oxygens (including phenoxy) is 3. The lowest BCUT2D eigenvalue weighted by Crippen LogP contribution is -2.30. The van der Waals surface area contributed by atoms with Crippen LogP contribution in [0, 0.1) is 0 Å². The van der Waals surface area contributed by atoms with Crippen LogP contribution >= 0.6 is 0 Å². The molecule has 0 saturated heterocycles. The molecule has 0 amide bonds. The van der Waals surface area contributed by atoms with E-state index in [1.807, 2.05) is 0 Å². The first-order valence-corrected chi connectivity index (χ1v) is 33.5. The summed E-state index contributed by atoms with van der Waals surface area (Å²) in [5.74, 6) is -0.901. The molecule has 0 aliphatic carbocycles. The Labute approximate surface area is 494 Å². The maximum atomic E-state index is 12.9. The van der Waals surface area contributed by atoms with Crippen LogP contribution in [0.2, 0.25) is 0 Å². The van der Waals surface area contributed by atoms with Crippen LogP contribution in [0.5, 0.6) is 0 Å². The summed E-state index contributed by atoms with van der Waals surface area (Å²) in [6.45, 7) is 6.46. The number of carbonyl (C=O) groups excluding carboxylic acids is 3. The summed E-state index contributed by atoms with van der Waals surface area (Å²) in [6, 6.07) is 0. The number of hydrogen-bond acceptors (Lipinski definition) is 6. The van der Waals surface area contributed by atoms with Crippen molar-refractivity contribution in [3.63, 3.8) is 0 Å². The zero-order valence-corrected chi connectivity index (χ0v) is 52.3. The molecule has 0 radical (unpaired) electrons. The zero-order chi connectivity index (χ0) is 57.8. The van der Waals surface area contributed by atoms with Crippen molar-refractivity contribution in [1.29, 1.82) is 0 Å². The predicted molar refractivity (Wildman–Crippen MR) is 348 cm³/mol. The average molecular weight is 1110 g/mol. The van der Waals surface area contributed by atoms with Gasteiger partial charge in [0.2, 0.25) is 0 Å². The van der Waals surface area contributed by atoms with Crippen molar-refractivity contribution in [3.05, 3.63) is 122 Å². The Hall–Kier alpha value is -4.19. The van der Waals surface area contributed by atoms with E-state index in [4.69, 9.17) is 14.2 Å². The Morgan fingerprint density at radius 3 is 0.825 bits per heavy atom. The Balaban J connectivity index is 4.25. The van der Waals surface area contributed by atoms with E-state index >= 15 is 0 Å². The number of allylic oxidation sites excluding steroid dienone is 20. The van der Waals surface area contributed by atoms with Crippen LogP contribution in [0.1, 0.15) is 310 Å². The van der Waals surface area contributed by atoms with E-state index in [0.29, 0.717) is 19.3 Å². The highest BCUT2D eigenvalue weighted by Crippen LogP contribution is 2.16. The predicted octanol–water partition coefficient (Wildman–Crippen LogP) is 23.2. The SMILES string of the molecule is CC/C=C\C/C=C\C/C=C\C/C=C\C/C=C\C/C=C\C/C=C\CCCCCCCCCCCC(=O)OCC(COC(=O)CCCCCCC/C=C\CCC)OC(=O)CCCCCCCCCCC/C=C\C/C=C\CCCCCCC. The number of unbranched alkanes of at least 4 members (excludes halogenated alkanes) is 29. The molecule has 0 bridgehead atoms. The van der Waals surface area contributed by atoms with Gasteiger partial charge in [0, 0.05) is 19.3 Å². The van der Waals surface area contributed by atoms with Gasteiger partial charge in [0.25, 0.3) is 0 Å². The van der Waals surface area contributed by atoms with Crippen LogP contribution in [0.4, 0.5) is 0 Å². The van der Waals surface area contributed by atoms with Gasteiger partial charge in [0.15, 0.2) is 6.10 Å². The fraction of sp³-hybridized carbons (Fsp3) is 0.689. The molecule has 6 heteroatoms. The van der Waals surface area contributed by atoms with E-state index in [2.05, 4.69) is 142 Å². The van der Waals surface area contributed by atoms with Crippen molar-refractivity contribution in [2.45, 2.75) is 316 Å². The molecule has 0 aromatic heterocycles. The largest absolute Gasteiger partial charge is 0.462 e. The molecule has 0 N–H and O–H groups in total. The number of carbonyl (C=O) groups is 3. The molecule has 0 fully saturated rings. The van der Waals surface area contributed by atoms with Gasteiger partial charge in [0.05, 0.1) is 0 Å². The molecule has 1 atom stereocenters. The normalized spacial score (nSPS) is 12.9. The first-order chi connectivity index (χ1) is 39.5. The molecule has 0 heterocycles. The maximum Gasteiger partial charge on any atom is 0.306 e. The van der Waals surface area contributed by atoms with Gasteiger partial charge in [-0.25, -0.2) is 0 Å². The van der Waals surface area contributed by atoms with Crippen LogP contribution in [-0.2, 0) is 28.6 Å². The second-order valence-corrected chi connectivity index (χ2v) is 22.0. The summed E-state index contributed by atoms with van der Waals surface area (Å²) >= 11 is 0. The molecule has 6 nitrogen and oxygen atoms in total. The molecule has 80 heavy (non-hydrogen) atoms. The minimum Gasteiger partial charge on any atom is -0.462 e. The van der Waals surface area contributed by atoms with E-state index in [0.717, 1.165) is 135 Å². The lowest BCUT2D eigenvalue weighted by atomic mass is 10.1. The van der Waals surface area contributed by atoms with Crippen LogP contribution in [0.15, 0.2) is 122 Å². The molecule has 0 rings (SSSR count). The van der Waals surface area contributed by atoms with Gasteiger partial charge in [-0.2, -0.15) is 0 Å². The minimum absolute atomic E-state index is 0.0865. The molecule has 0 aliphatic heterocycles. The highest BCUT2D eigenvalue weighted by Gasteiger charge is 2.19. The van der Waals surface area contributed by atoms with Crippen molar-refractivity contribution in [1.82, 2.24) is 0 Å². The van der Waals surface area contributed by atoms with E-state index in [9.17, 15) is 14.4 Å². The van der Waals surface area contributed by atoms with Crippen molar-refractivity contribution in [2.24, 2.45) is 0 Å². The van der Waals surface area contributed by atoms with Crippen molar-refractivity contribution >= 4 is 17.9 Å². The topological polar surface area (TPSA) is 78.9 Å². The molecule has 0 aromatic carbocycles. The quantitative estimate of drug-likeness (QED) is 0.0261. The first-order valence-electron chi connectivity index (χ1n) is 33.5. The average Bonchev–Trinajstić information content (AvgIpc) is 3.46. The van der Waals surface area contributed by atoms with E-state index < -0.39 is 6.10 Å². The lowest BCUT2D eigenvalue weighted by Gasteiger charge is -2.18. The summed E-state index contributed by atoms with van der Waals surface area (Å²) < 4.78 is 16.9. The summed E-state index contributed by atoms with van der Waals surface area (Å²) in [5.41, 5.74) is 0. The van der Waals surface area contributed by atoms with Gasteiger partial charge in [-0.3, -0.25) is 14.4 Å². The Morgan fingerprint density at radius 1 is 0.263 bits per heavy atom. The fourth-order valence-corrected chi connectivity index (χ4v) is 9.16. The molecule has 0 saturated carbocycles. The number of rotatable bonds is 60. The van der Waals surface area contributed by atoms with Gasteiger partial charge in [0.1, 0.15) is 13.2 Å². The van der Waals surface area contributed by atoms with Crippen LogP contribution in [0.3, 0.4) is 0 Å². The third-order valence-corrected chi connectivity index (χ3v) is 14.2. The van der Waals surface area contributed by atoms with Gasteiger partial charge in [-0.1, -0.05) is 284 Å². The second kappa shape index (κ2) is 67.3. The Kier molecular flexibility index (Phi) is 63.8. The van der Waals surface area contributed by atoms with Crippen LogP contribution in [-0.4, -0.2) is 37.2 Å². The molecule has 456 valence electrons. The lowest BCUT2D eigenvalue weighted by molar-refractivity contribution is -0.167. The minimum atomic E-state index is -0.789. The van der Waals surface area contributed by atoms with E-state index in [1.165, 1.54) is 135 Å². The summed E-state index contributed by atoms with van der Waals surface area (Å²) in [6.07, 6.45) is 93.6. The molecule has 1 unspecified atom stereocenters. The fourth-order valence-electron chi connectivity index (χ4n) is 9.16. The van der Waals surface area contributed by atoms with Crippen molar-refractivity contribution < 1.29 is 28.6 Å². The zero-order valence-electron chi connectivity index (χ0n) is 52.3. The van der Waals surface area contributed by atoms with Gasteiger partial charge in [-0.15, -0.1) is 0 Å². The van der Waals surface area contributed by atoms with Crippen LogP contribution in [0.25, 0.3) is 0 Å². The third-order valence-electron chi connectivity index (χ3n) is 14.2. The van der Waals surface area contributed by atoms with Crippen LogP contribution < -0.4 is 0 Å². The Bertz CT molecular complexity index is 1650. The molecule has 0 spiro atoms. The standard InChI is InChI=1S/C74H124O6/c1-4-7-10-13-16-19-22-24-26-28-30-32-33-34-35-36-37-38-39-40-41-43-44-46-48-50-52-55-58-61-64-67-73(76)79-70-71(69-78-72(75)66-63-60-57-54-21-18-15-12-9-6-3)80-74(77)68-65-62-59-56-53-51-49-47-45-42-31-29-27-25-23-20-17-14-11-8-5-2/h7,10,12,15-16,19,23-26,29-32,34-35,37-38,40-41,71H,4-6,8-9,11,13-14,17-18,20-22,27-28,33,36,39,42-70H2,1-3H3/b10-7-,15-12-,19-16-,25-23-,26-24-,31-29-,32-30-,35-34-,38-37-,41-40-. The van der Waals surface area contributed by atoms with Gasteiger partial charge >= 0.3 is 17.9 Å². The smallest absolute Gasteiger partial charge is 0.306 e. The summed E-state index contributed by atoms with van der Waals surface area (Å²) in [4.78, 5) is 38.3. The molecule has 0 aliphatic rings. The molecular weight excluding hydrogens is 985 g/mol. The molecule has 0 aromatic rings. The maximum absolute atomic E-state index is 12.9. The van der Waals surface area contributed by atoms with Crippen molar-refractivity contribution in [2.75, 3.05) is 13.2 Å². The van der Waals surface area contributed by atoms with Gasteiger partial charge < -0.3 is 14.2 Å². The van der Waals surface area contributed by atoms with Crippen molar-refractivity contribution in [3.8, 4) is 0 Å². The number of esters is 3. The highest BCUT2D eigenvalue weighted by molar-refractivity contribution is 5.71. The second-order valence-electron chi connectivity index (χ2n) is 22.0. The summed E-state index contributed by atoms with van der Waals surface area (Å²) in [5, 5.41) is 0. The van der Waals surface area contributed by atoms with Gasteiger partial charge in [-0.05, 0) is 128 Å². The third kappa shape index (κ3) is 64.6. The van der Waals surface area contributed by atoms with E-state index in [1.54, 1.807) is 0 Å². The Morgan fingerprint density at radius 2 is 0.512 bits per heavy atom. The highest BCUT2D eigenvalue weighted by atomic mass is 16.6. The summed E-state index contributed by atoms with van der Waals surface area (Å²) in [7, 11) is 0. The van der Waals surface area contributed by atoms with E-state index in [-0.39, 0.29) is 31.1 Å². The number of hydrogen-bond donors (Lipinski definition) is 0. The first kappa shape index (κ1) is 75.8.